The third kappa shape index (κ3) is 4.62. The number of carbonyl (C=O) groups is 2. The number of aryl methyl sites for hydroxylation is 3. The maximum Gasteiger partial charge on any atom is 0.332 e. The van der Waals surface area contributed by atoms with Crippen molar-refractivity contribution in [1.29, 1.82) is 0 Å². The smallest absolute Gasteiger partial charge is 0.332 e. The molecule has 4 heterocycles. The lowest BCUT2D eigenvalue weighted by Crippen LogP contribution is -2.53. The van der Waals surface area contributed by atoms with Gasteiger partial charge in [-0.25, -0.2) is 9.69 Å². The van der Waals surface area contributed by atoms with Gasteiger partial charge in [0.2, 0.25) is 11.9 Å². The molecule has 2 saturated heterocycles. The van der Waals surface area contributed by atoms with E-state index in [1.54, 1.807) is 25.2 Å². The molecule has 12 heteroatoms. The fourth-order valence-corrected chi connectivity index (χ4v) is 6.08. The van der Waals surface area contributed by atoms with Crippen LogP contribution < -0.4 is 21.0 Å². The summed E-state index contributed by atoms with van der Waals surface area (Å²) in [5.41, 5.74) is 3.32. The minimum absolute atomic E-state index is 0.106. The van der Waals surface area contributed by atoms with E-state index in [4.69, 9.17) is 16.6 Å². The van der Waals surface area contributed by atoms with Crippen LogP contribution in [0.1, 0.15) is 23.1 Å². The fraction of sp³-hybridized carbons (Fsp3) is 0.367. The quantitative estimate of drug-likeness (QED) is 0.329. The Bertz CT molecular complexity index is 1850. The normalized spacial score (nSPS) is 18.1. The molecule has 218 valence electrons. The van der Waals surface area contributed by atoms with Crippen molar-refractivity contribution in [2.45, 2.75) is 32.9 Å². The summed E-state index contributed by atoms with van der Waals surface area (Å²) >= 11 is 6.17. The van der Waals surface area contributed by atoms with E-state index in [0.29, 0.717) is 60.5 Å². The molecule has 1 atom stereocenters. The van der Waals surface area contributed by atoms with Crippen LogP contribution in [0.2, 0.25) is 5.02 Å². The number of anilines is 2. The molecule has 0 saturated carbocycles. The van der Waals surface area contributed by atoms with Crippen LogP contribution in [0.25, 0.3) is 11.2 Å². The topological polar surface area (TPSA) is 106 Å². The van der Waals surface area contributed by atoms with Crippen LogP contribution in [0.3, 0.4) is 0 Å². The van der Waals surface area contributed by atoms with E-state index in [1.165, 1.54) is 16.5 Å². The van der Waals surface area contributed by atoms with Gasteiger partial charge in [0.15, 0.2) is 11.2 Å². The van der Waals surface area contributed by atoms with E-state index in [-0.39, 0.29) is 18.2 Å². The van der Waals surface area contributed by atoms with E-state index >= 15 is 0 Å². The Balaban J connectivity index is 1.29. The summed E-state index contributed by atoms with van der Waals surface area (Å²) in [6, 6.07) is 12.7. The third-order valence-electron chi connectivity index (χ3n) is 8.36. The Labute approximate surface area is 247 Å². The van der Waals surface area contributed by atoms with Crippen LogP contribution in [0.5, 0.6) is 0 Å². The molecule has 2 aliphatic heterocycles. The Morgan fingerprint density at radius 2 is 1.60 bits per heavy atom. The van der Waals surface area contributed by atoms with Crippen molar-refractivity contribution in [3.63, 3.8) is 0 Å². The molecule has 0 aliphatic carbocycles. The number of hydrogen-bond acceptors (Lipinski definition) is 7. The molecule has 0 N–H and O–H groups in total. The molecular formula is C30H32ClN7O4. The van der Waals surface area contributed by atoms with E-state index in [9.17, 15) is 19.2 Å². The van der Waals surface area contributed by atoms with Crippen LogP contribution >= 0.6 is 11.6 Å². The van der Waals surface area contributed by atoms with Crippen molar-refractivity contribution in [3.05, 3.63) is 85.0 Å². The number of aromatic nitrogens is 4. The zero-order chi connectivity index (χ0) is 29.9. The van der Waals surface area contributed by atoms with E-state index < -0.39 is 17.3 Å². The van der Waals surface area contributed by atoms with Crippen molar-refractivity contribution in [1.82, 2.24) is 23.6 Å². The van der Waals surface area contributed by atoms with Gasteiger partial charge in [0, 0.05) is 45.3 Å². The van der Waals surface area contributed by atoms with Crippen molar-refractivity contribution < 1.29 is 9.59 Å². The number of halogens is 1. The van der Waals surface area contributed by atoms with Crippen LogP contribution in [0.15, 0.2) is 52.1 Å². The molecule has 42 heavy (non-hydrogen) atoms. The van der Waals surface area contributed by atoms with E-state index in [0.717, 1.165) is 21.3 Å². The number of piperazine rings is 1. The van der Waals surface area contributed by atoms with E-state index in [2.05, 4.69) is 4.90 Å². The van der Waals surface area contributed by atoms with Gasteiger partial charge in [-0.15, -0.1) is 0 Å². The molecule has 2 amide bonds. The van der Waals surface area contributed by atoms with Crippen molar-refractivity contribution in [2.24, 2.45) is 14.1 Å². The van der Waals surface area contributed by atoms with Crippen LogP contribution in [0, 0.1) is 13.8 Å². The van der Waals surface area contributed by atoms with Crippen LogP contribution in [-0.4, -0.2) is 67.6 Å². The number of imide groups is 1. The van der Waals surface area contributed by atoms with Gasteiger partial charge in [0.25, 0.3) is 11.5 Å². The highest BCUT2D eigenvalue weighted by Crippen LogP contribution is 2.31. The zero-order valence-corrected chi connectivity index (χ0v) is 24.8. The van der Waals surface area contributed by atoms with Crippen molar-refractivity contribution >= 4 is 46.2 Å². The Morgan fingerprint density at radius 3 is 2.29 bits per heavy atom. The predicted molar refractivity (Wildman–Crippen MR) is 161 cm³/mol. The first-order valence-corrected chi connectivity index (χ1v) is 14.3. The molecule has 2 aliphatic rings. The first-order valence-electron chi connectivity index (χ1n) is 13.9. The monoisotopic (exact) mass is 589 g/mol. The molecule has 4 aromatic rings. The summed E-state index contributed by atoms with van der Waals surface area (Å²) < 4.78 is 4.39. The lowest BCUT2D eigenvalue weighted by atomic mass is 10.1. The summed E-state index contributed by atoms with van der Waals surface area (Å²) in [5.74, 6) is 0.104. The number of carbonyl (C=O) groups excluding carboxylic acids is 2. The van der Waals surface area contributed by atoms with Gasteiger partial charge in [-0.05, 0) is 37.1 Å². The molecule has 1 unspecified atom stereocenters. The molecule has 11 nitrogen and oxygen atoms in total. The summed E-state index contributed by atoms with van der Waals surface area (Å²) in [6.07, 6.45) is 0.106. The molecule has 6 rings (SSSR count). The molecule has 2 fully saturated rings. The Kier molecular flexibility index (Phi) is 7.02. The number of hydrogen-bond donors (Lipinski definition) is 0. The molecular weight excluding hydrogens is 558 g/mol. The second-order valence-electron chi connectivity index (χ2n) is 11.1. The number of fused-ring (bicyclic) bond motifs is 1. The predicted octanol–water partition coefficient (Wildman–Crippen LogP) is 2.21. The highest BCUT2D eigenvalue weighted by atomic mass is 35.5. The summed E-state index contributed by atoms with van der Waals surface area (Å²) in [4.78, 5) is 62.7. The molecule has 0 bridgehead atoms. The molecule has 0 spiro atoms. The fourth-order valence-electron chi connectivity index (χ4n) is 5.91. The van der Waals surface area contributed by atoms with Gasteiger partial charge >= 0.3 is 5.69 Å². The second-order valence-corrected chi connectivity index (χ2v) is 11.5. The number of imidazole rings is 1. The highest BCUT2D eigenvalue weighted by Gasteiger charge is 2.44. The first kappa shape index (κ1) is 27.9. The van der Waals surface area contributed by atoms with Crippen LogP contribution in [0.4, 0.5) is 11.6 Å². The summed E-state index contributed by atoms with van der Waals surface area (Å²) in [5, 5.41) is 0.467. The average molecular weight is 590 g/mol. The maximum absolute atomic E-state index is 13.5. The number of nitrogens with zero attached hydrogens (tertiary/aromatic N) is 7. The first-order chi connectivity index (χ1) is 20.0. The van der Waals surface area contributed by atoms with Crippen molar-refractivity contribution in [3.8, 4) is 0 Å². The number of rotatable bonds is 5. The number of benzene rings is 2. The lowest BCUT2D eigenvalue weighted by molar-refractivity contribution is -0.123. The standard InChI is InChI=1S/C30H32ClN7O4/c1-18-5-8-20(9-6-18)17-37-25-26(33(3)30(42)34(4)28(25)41)32-29(37)36-13-11-35(12-14-36)23-16-24(39)38(27(23)40)22-15-21(31)10-7-19(22)2/h5-10,15,23H,11-14,16-17H2,1-4H3. The zero-order valence-electron chi connectivity index (χ0n) is 24.0. The second kappa shape index (κ2) is 10.6. The van der Waals surface area contributed by atoms with Crippen LogP contribution in [-0.2, 0) is 30.2 Å². The maximum atomic E-state index is 13.5. The SMILES string of the molecule is Cc1ccc(Cn2c(N3CCN(C4CC(=O)N(c5cc(Cl)ccc5C)C4=O)CC3)nc3c2c(=O)n(C)c(=O)n3C)cc1. The third-order valence-corrected chi connectivity index (χ3v) is 8.60. The van der Waals surface area contributed by atoms with Gasteiger partial charge in [-0.2, -0.15) is 4.98 Å². The van der Waals surface area contributed by atoms with Gasteiger partial charge in [0.05, 0.1) is 24.7 Å². The minimum atomic E-state index is -0.558. The molecule has 0 radical (unpaired) electrons. The Hall–Kier alpha value is -4.22. The van der Waals surface area contributed by atoms with Gasteiger partial charge in [-0.3, -0.25) is 33.0 Å². The Morgan fingerprint density at radius 1 is 0.905 bits per heavy atom. The summed E-state index contributed by atoms with van der Waals surface area (Å²) in [6.45, 7) is 6.38. The highest BCUT2D eigenvalue weighted by molar-refractivity contribution is 6.31. The van der Waals surface area contributed by atoms with Crippen molar-refractivity contribution in [2.75, 3.05) is 36.0 Å². The average Bonchev–Trinajstić information content (AvgIpc) is 3.50. The van der Waals surface area contributed by atoms with Gasteiger partial charge in [-0.1, -0.05) is 47.5 Å². The minimum Gasteiger partial charge on any atom is -0.340 e. The lowest BCUT2D eigenvalue weighted by Gasteiger charge is -2.37. The molecule has 2 aromatic carbocycles. The van der Waals surface area contributed by atoms with E-state index in [1.807, 2.05) is 47.6 Å². The van der Waals surface area contributed by atoms with Gasteiger partial charge in [0.1, 0.15) is 0 Å². The van der Waals surface area contributed by atoms with Gasteiger partial charge < -0.3 is 4.90 Å². The largest absolute Gasteiger partial charge is 0.340 e. The summed E-state index contributed by atoms with van der Waals surface area (Å²) in [7, 11) is 3.09. The molecule has 2 aromatic heterocycles. The number of amides is 2.